The summed E-state index contributed by atoms with van der Waals surface area (Å²) in [6, 6.07) is 16.9. The fourth-order valence-corrected chi connectivity index (χ4v) is 1.92. The van der Waals surface area contributed by atoms with Crippen LogP contribution in [-0.2, 0) is 6.54 Å². The zero-order valence-electron chi connectivity index (χ0n) is 10.2. The van der Waals surface area contributed by atoms with Crippen molar-refractivity contribution in [2.75, 3.05) is 11.4 Å². The van der Waals surface area contributed by atoms with Gasteiger partial charge in [0.15, 0.2) is 0 Å². The van der Waals surface area contributed by atoms with Crippen LogP contribution in [0.3, 0.4) is 0 Å². The van der Waals surface area contributed by atoms with Gasteiger partial charge in [0.1, 0.15) is 5.82 Å². The minimum Gasteiger partial charge on any atom is -0.361 e. The summed E-state index contributed by atoms with van der Waals surface area (Å²) in [5.74, 6) is -0.199. The third-order valence-electron chi connectivity index (χ3n) is 2.76. The highest BCUT2D eigenvalue weighted by molar-refractivity contribution is 5.48. The molecule has 2 heteroatoms. The number of anilines is 1. The van der Waals surface area contributed by atoms with E-state index >= 15 is 0 Å². The number of halogens is 1. The average Bonchev–Trinajstić information content (AvgIpc) is 2.40. The van der Waals surface area contributed by atoms with Gasteiger partial charge in [-0.1, -0.05) is 48.5 Å². The molecule has 0 spiro atoms. The highest BCUT2D eigenvalue weighted by Gasteiger charge is 2.09. The van der Waals surface area contributed by atoms with Gasteiger partial charge in [-0.15, -0.1) is 6.58 Å². The van der Waals surface area contributed by atoms with Crippen molar-refractivity contribution in [3.63, 3.8) is 0 Å². The Balaban J connectivity index is 2.24. The molecule has 92 valence electrons. The molecule has 0 saturated carbocycles. The smallest absolute Gasteiger partial charge is 0.146 e. The van der Waals surface area contributed by atoms with Gasteiger partial charge < -0.3 is 4.90 Å². The van der Waals surface area contributed by atoms with E-state index in [1.54, 1.807) is 18.2 Å². The average molecular weight is 241 g/mol. The normalized spacial score (nSPS) is 10.1. The maximum absolute atomic E-state index is 13.8. The number of benzene rings is 2. The topological polar surface area (TPSA) is 3.24 Å². The van der Waals surface area contributed by atoms with Crippen molar-refractivity contribution in [2.24, 2.45) is 0 Å². The molecule has 0 aliphatic heterocycles. The van der Waals surface area contributed by atoms with E-state index in [0.717, 1.165) is 5.56 Å². The summed E-state index contributed by atoms with van der Waals surface area (Å²) in [4.78, 5) is 1.97. The Hall–Kier alpha value is -2.09. The molecule has 0 N–H and O–H groups in total. The van der Waals surface area contributed by atoms with Gasteiger partial charge in [0.05, 0.1) is 5.69 Å². The van der Waals surface area contributed by atoms with Gasteiger partial charge in [-0.05, 0) is 17.7 Å². The zero-order valence-corrected chi connectivity index (χ0v) is 10.2. The number of nitrogens with zero attached hydrogens (tertiary/aromatic N) is 1. The molecule has 2 rings (SSSR count). The lowest BCUT2D eigenvalue weighted by molar-refractivity contribution is 0.620. The maximum Gasteiger partial charge on any atom is 0.146 e. The number of rotatable bonds is 5. The third kappa shape index (κ3) is 2.98. The summed E-state index contributed by atoms with van der Waals surface area (Å²) in [5.41, 5.74) is 1.77. The van der Waals surface area contributed by atoms with Crippen LogP contribution in [-0.4, -0.2) is 6.54 Å². The fraction of sp³-hybridized carbons (Fsp3) is 0.125. The highest BCUT2D eigenvalue weighted by atomic mass is 19.1. The summed E-state index contributed by atoms with van der Waals surface area (Å²) >= 11 is 0. The fourth-order valence-electron chi connectivity index (χ4n) is 1.92. The van der Waals surface area contributed by atoms with Crippen molar-refractivity contribution in [1.29, 1.82) is 0 Å². The van der Waals surface area contributed by atoms with Crippen molar-refractivity contribution in [2.45, 2.75) is 6.54 Å². The van der Waals surface area contributed by atoms with Gasteiger partial charge >= 0.3 is 0 Å². The summed E-state index contributed by atoms with van der Waals surface area (Å²) in [6.07, 6.45) is 1.79. The van der Waals surface area contributed by atoms with Crippen LogP contribution in [0.4, 0.5) is 10.1 Å². The summed E-state index contributed by atoms with van der Waals surface area (Å²) in [6.45, 7) is 5.03. The van der Waals surface area contributed by atoms with E-state index in [9.17, 15) is 4.39 Å². The predicted molar refractivity (Wildman–Crippen MR) is 74.1 cm³/mol. The minimum atomic E-state index is -0.199. The molecule has 0 heterocycles. The Kier molecular flexibility index (Phi) is 4.13. The largest absolute Gasteiger partial charge is 0.361 e. The molecule has 0 aliphatic carbocycles. The van der Waals surface area contributed by atoms with Crippen molar-refractivity contribution in [1.82, 2.24) is 0 Å². The molecule has 0 saturated heterocycles. The van der Waals surface area contributed by atoms with Gasteiger partial charge in [0, 0.05) is 13.1 Å². The molecule has 18 heavy (non-hydrogen) atoms. The van der Waals surface area contributed by atoms with E-state index in [-0.39, 0.29) is 5.82 Å². The van der Waals surface area contributed by atoms with E-state index in [2.05, 4.69) is 6.58 Å². The van der Waals surface area contributed by atoms with Crippen molar-refractivity contribution >= 4 is 5.69 Å². The second kappa shape index (κ2) is 6.01. The first-order chi connectivity index (χ1) is 8.81. The van der Waals surface area contributed by atoms with E-state index in [4.69, 9.17) is 0 Å². The second-order valence-corrected chi connectivity index (χ2v) is 4.11. The van der Waals surface area contributed by atoms with Crippen LogP contribution >= 0.6 is 0 Å². The third-order valence-corrected chi connectivity index (χ3v) is 2.76. The number of para-hydroxylation sites is 1. The molecule has 0 atom stereocenters. The van der Waals surface area contributed by atoms with Crippen LogP contribution in [0.25, 0.3) is 0 Å². The lowest BCUT2D eigenvalue weighted by Gasteiger charge is -2.23. The van der Waals surface area contributed by atoms with Crippen molar-refractivity contribution < 1.29 is 4.39 Å². The predicted octanol–water partition coefficient (Wildman–Crippen LogP) is 4.02. The lowest BCUT2D eigenvalue weighted by atomic mass is 10.2. The minimum absolute atomic E-state index is 0.199. The highest BCUT2D eigenvalue weighted by Crippen LogP contribution is 2.20. The molecule has 1 nitrogen and oxygen atoms in total. The van der Waals surface area contributed by atoms with Crippen LogP contribution in [0.2, 0.25) is 0 Å². The molecule has 0 aromatic heterocycles. The van der Waals surface area contributed by atoms with E-state index in [0.29, 0.717) is 18.8 Å². The van der Waals surface area contributed by atoms with E-state index in [1.165, 1.54) is 6.07 Å². The Labute approximate surface area is 107 Å². The van der Waals surface area contributed by atoms with Gasteiger partial charge in [-0.3, -0.25) is 0 Å². The Morgan fingerprint density at radius 1 is 1.00 bits per heavy atom. The quantitative estimate of drug-likeness (QED) is 0.715. The number of hydrogen-bond acceptors (Lipinski definition) is 1. The van der Waals surface area contributed by atoms with Crippen LogP contribution in [0, 0.1) is 5.82 Å². The SMILES string of the molecule is C=CCN(Cc1ccccc1)c1ccccc1F. The first kappa shape index (κ1) is 12.4. The van der Waals surface area contributed by atoms with Gasteiger partial charge in [0.25, 0.3) is 0 Å². The molecule has 0 aliphatic rings. The standard InChI is InChI=1S/C16H16FN/c1-2-12-18(13-14-8-4-3-5-9-14)16-11-7-6-10-15(16)17/h2-11H,1,12-13H2. The first-order valence-corrected chi connectivity index (χ1v) is 5.95. The van der Waals surface area contributed by atoms with Gasteiger partial charge in [-0.2, -0.15) is 0 Å². The Bertz CT molecular complexity index is 508. The molecular formula is C16H16FN. The van der Waals surface area contributed by atoms with E-state index in [1.807, 2.05) is 41.3 Å². The molecule has 0 unspecified atom stereocenters. The molecule has 0 fully saturated rings. The van der Waals surface area contributed by atoms with Crippen LogP contribution < -0.4 is 4.90 Å². The summed E-state index contributed by atoms with van der Waals surface area (Å²) in [7, 11) is 0. The van der Waals surface area contributed by atoms with Crippen LogP contribution in [0.1, 0.15) is 5.56 Å². The second-order valence-electron chi connectivity index (χ2n) is 4.11. The Morgan fingerprint density at radius 3 is 2.33 bits per heavy atom. The molecule has 0 bridgehead atoms. The Morgan fingerprint density at radius 2 is 1.67 bits per heavy atom. The van der Waals surface area contributed by atoms with Gasteiger partial charge in [0.2, 0.25) is 0 Å². The number of hydrogen-bond donors (Lipinski definition) is 0. The maximum atomic E-state index is 13.8. The monoisotopic (exact) mass is 241 g/mol. The summed E-state index contributed by atoms with van der Waals surface area (Å²) < 4.78 is 13.8. The molecule has 0 radical (unpaired) electrons. The molecule has 0 amide bonds. The summed E-state index contributed by atoms with van der Waals surface area (Å²) in [5, 5.41) is 0. The van der Waals surface area contributed by atoms with Gasteiger partial charge in [-0.25, -0.2) is 4.39 Å². The molecule has 2 aromatic carbocycles. The first-order valence-electron chi connectivity index (χ1n) is 5.95. The zero-order chi connectivity index (χ0) is 12.8. The molecular weight excluding hydrogens is 225 g/mol. The van der Waals surface area contributed by atoms with Crippen molar-refractivity contribution in [3.8, 4) is 0 Å². The van der Waals surface area contributed by atoms with E-state index < -0.39 is 0 Å². The van der Waals surface area contributed by atoms with Crippen LogP contribution in [0.15, 0.2) is 67.3 Å². The van der Waals surface area contributed by atoms with Crippen molar-refractivity contribution in [3.05, 3.63) is 78.6 Å². The molecule has 2 aromatic rings. The lowest BCUT2D eigenvalue weighted by Crippen LogP contribution is -2.23. The van der Waals surface area contributed by atoms with Crippen LogP contribution in [0.5, 0.6) is 0 Å².